The van der Waals surface area contributed by atoms with Crippen molar-refractivity contribution in [1.82, 2.24) is 30.0 Å². The standard InChI is InChI=1S/C20H26N6/c1-2-10-26-20(21-22-23-26)16-25-13-11-24(12-14-25)15-18-8-5-7-17-6-3-4-9-19(17)18/h3-9H,2,10-16H2,1H3. The minimum absolute atomic E-state index is 0.842. The van der Waals surface area contributed by atoms with Crippen LogP contribution in [0.5, 0.6) is 0 Å². The average molecular weight is 350 g/mol. The van der Waals surface area contributed by atoms with Crippen molar-refractivity contribution in [1.29, 1.82) is 0 Å². The van der Waals surface area contributed by atoms with Gasteiger partial charge in [0.25, 0.3) is 0 Å². The number of rotatable bonds is 6. The van der Waals surface area contributed by atoms with E-state index in [1.807, 2.05) is 4.68 Å². The van der Waals surface area contributed by atoms with E-state index in [2.05, 4.69) is 74.7 Å². The highest BCUT2D eigenvalue weighted by molar-refractivity contribution is 5.85. The molecule has 1 saturated heterocycles. The average Bonchev–Trinajstić information content (AvgIpc) is 3.11. The Bertz CT molecular complexity index is 845. The van der Waals surface area contributed by atoms with Crippen LogP contribution in [-0.4, -0.2) is 56.2 Å². The molecule has 0 aliphatic carbocycles. The van der Waals surface area contributed by atoms with Crippen LogP contribution in [0.25, 0.3) is 10.8 Å². The van der Waals surface area contributed by atoms with Gasteiger partial charge in [-0.3, -0.25) is 9.80 Å². The Balaban J connectivity index is 1.35. The number of benzene rings is 2. The van der Waals surface area contributed by atoms with Gasteiger partial charge < -0.3 is 0 Å². The van der Waals surface area contributed by atoms with Crippen molar-refractivity contribution < 1.29 is 0 Å². The SMILES string of the molecule is CCCn1nnnc1CN1CCN(Cc2cccc3ccccc23)CC1. The zero-order valence-electron chi connectivity index (χ0n) is 15.4. The molecule has 0 N–H and O–H groups in total. The van der Waals surface area contributed by atoms with Crippen molar-refractivity contribution in [3.8, 4) is 0 Å². The van der Waals surface area contributed by atoms with Crippen molar-refractivity contribution in [2.24, 2.45) is 0 Å². The molecule has 1 fully saturated rings. The van der Waals surface area contributed by atoms with Crippen LogP contribution < -0.4 is 0 Å². The fourth-order valence-electron chi connectivity index (χ4n) is 3.70. The van der Waals surface area contributed by atoms with Crippen LogP contribution >= 0.6 is 0 Å². The molecule has 0 atom stereocenters. The monoisotopic (exact) mass is 350 g/mol. The quantitative estimate of drug-likeness (QED) is 0.684. The number of piperazine rings is 1. The predicted molar refractivity (Wildman–Crippen MR) is 103 cm³/mol. The molecular formula is C20H26N6. The molecular weight excluding hydrogens is 324 g/mol. The zero-order chi connectivity index (χ0) is 17.8. The maximum Gasteiger partial charge on any atom is 0.165 e. The number of hydrogen-bond acceptors (Lipinski definition) is 5. The highest BCUT2D eigenvalue weighted by Gasteiger charge is 2.19. The molecule has 1 aromatic heterocycles. The second-order valence-corrected chi connectivity index (χ2v) is 7.01. The smallest absolute Gasteiger partial charge is 0.165 e. The highest BCUT2D eigenvalue weighted by atomic mass is 15.5. The summed E-state index contributed by atoms with van der Waals surface area (Å²) in [5.74, 6) is 0.981. The summed E-state index contributed by atoms with van der Waals surface area (Å²) < 4.78 is 1.93. The summed E-state index contributed by atoms with van der Waals surface area (Å²) in [6.07, 6.45) is 1.05. The minimum Gasteiger partial charge on any atom is -0.297 e. The Morgan fingerprint density at radius 2 is 1.62 bits per heavy atom. The molecule has 0 spiro atoms. The van der Waals surface area contributed by atoms with Crippen LogP contribution in [0.3, 0.4) is 0 Å². The second-order valence-electron chi connectivity index (χ2n) is 7.01. The summed E-state index contributed by atoms with van der Waals surface area (Å²) in [4.78, 5) is 5.00. The first-order chi connectivity index (χ1) is 12.8. The third-order valence-electron chi connectivity index (χ3n) is 5.15. The van der Waals surface area contributed by atoms with E-state index >= 15 is 0 Å². The molecule has 26 heavy (non-hydrogen) atoms. The van der Waals surface area contributed by atoms with Crippen LogP contribution in [0.15, 0.2) is 42.5 Å². The molecule has 0 unspecified atom stereocenters. The molecule has 6 nitrogen and oxygen atoms in total. The van der Waals surface area contributed by atoms with Crippen molar-refractivity contribution in [2.75, 3.05) is 26.2 Å². The van der Waals surface area contributed by atoms with Crippen LogP contribution in [-0.2, 0) is 19.6 Å². The molecule has 2 heterocycles. The van der Waals surface area contributed by atoms with E-state index in [1.54, 1.807) is 0 Å². The maximum absolute atomic E-state index is 4.20. The summed E-state index contributed by atoms with van der Waals surface area (Å²) in [5.41, 5.74) is 1.42. The summed E-state index contributed by atoms with van der Waals surface area (Å²) in [6, 6.07) is 15.3. The summed E-state index contributed by atoms with van der Waals surface area (Å²) in [7, 11) is 0. The number of aromatic nitrogens is 4. The Morgan fingerprint density at radius 1 is 0.885 bits per heavy atom. The molecule has 0 amide bonds. The van der Waals surface area contributed by atoms with E-state index in [0.29, 0.717) is 0 Å². The van der Waals surface area contributed by atoms with Gasteiger partial charge >= 0.3 is 0 Å². The molecule has 0 radical (unpaired) electrons. The van der Waals surface area contributed by atoms with Gasteiger partial charge in [-0.1, -0.05) is 49.4 Å². The van der Waals surface area contributed by atoms with E-state index in [0.717, 1.165) is 58.1 Å². The van der Waals surface area contributed by atoms with Gasteiger partial charge in [-0.25, -0.2) is 4.68 Å². The Labute approximate surface area is 154 Å². The normalized spacial score (nSPS) is 16.3. The minimum atomic E-state index is 0.842. The van der Waals surface area contributed by atoms with Crippen molar-refractivity contribution >= 4 is 10.8 Å². The fourth-order valence-corrected chi connectivity index (χ4v) is 3.70. The molecule has 0 bridgehead atoms. The third kappa shape index (κ3) is 3.76. The first kappa shape index (κ1) is 17.1. The lowest BCUT2D eigenvalue weighted by molar-refractivity contribution is 0.119. The van der Waals surface area contributed by atoms with Crippen LogP contribution in [0.4, 0.5) is 0 Å². The first-order valence-corrected chi connectivity index (χ1v) is 9.50. The van der Waals surface area contributed by atoms with Gasteiger partial charge in [-0.15, -0.1) is 5.10 Å². The zero-order valence-corrected chi connectivity index (χ0v) is 15.4. The lowest BCUT2D eigenvalue weighted by Crippen LogP contribution is -2.45. The largest absolute Gasteiger partial charge is 0.297 e. The fraction of sp³-hybridized carbons (Fsp3) is 0.450. The van der Waals surface area contributed by atoms with Gasteiger partial charge in [0, 0.05) is 39.3 Å². The van der Waals surface area contributed by atoms with Crippen LogP contribution in [0.2, 0.25) is 0 Å². The molecule has 1 aliphatic rings. The van der Waals surface area contributed by atoms with Gasteiger partial charge in [-0.05, 0) is 33.2 Å². The lowest BCUT2D eigenvalue weighted by atomic mass is 10.0. The summed E-state index contributed by atoms with van der Waals surface area (Å²) in [5, 5.41) is 14.8. The van der Waals surface area contributed by atoms with E-state index in [4.69, 9.17) is 0 Å². The van der Waals surface area contributed by atoms with Crippen molar-refractivity contribution in [3.05, 3.63) is 53.9 Å². The van der Waals surface area contributed by atoms with Crippen LogP contribution in [0, 0.1) is 0 Å². The van der Waals surface area contributed by atoms with E-state index in [9.17, 15) is 0 Å². The number of aryl methyl sites for hydroxylation is 1. The van der Waals surface area contributed by atoms with Gasteiger partial charge in [0.15, 0.2) is 5.82 Å². The molecule has 1 aliphatic heterocycles. The Morgan fingerprint density at radius 3 is 2.42 bits per heavy atom. The van der Waals surface area contributed by atoms with Crippen molar-refractivity contribution in [2.45, 2.75) is 33.0 Å². The highest BCUT2D eigenvalue weighted by Crippen LogP contribution is 2.20. The van der Waals surface area contributed by atoms with Gasteiger partial charge in [0.05, 0.1) is 6.54 Å². The number of tetrazole rings is 1. The number of fused-ring (bicyclic) bond motifs is 1. The van der Waals surface area contributed by atoms with Gasteiger partial charge in [0.1, 0.15) is 0 Å². The molecule has 136 valence electrons. The third-order valence-corrected chi connectivity index (χ3v) is 5.15. The molecule has 0 saturated carbocycles. The Hall–Kier alpha value is -2.31. The Kier molecular flexibility index (Phi) is 5.22. The number of hydrogen-bond donors (Lipinski definition) is 0. The van der Waals surface area contributed by atoms with Crippen LogP contribution in [0.1, 0.15) is 24.7 Å². The second kappa shape index (κ2) is 7.93. The lowest BCUT2D eigenvalue weighted by Gasteiger charge is -2.34. The van der Waals surface area contributed by atoms with E-state index < -0.39 is 0 Å². The van der Waals surface area contributed by atoms with Gasteiger partial charge in [-0.2, -0.15) is 0 Å². The van der Waals surface area contributed by atoms with E-state index in [1.165, 1.54) is 16.3 Å². The summed E-state index contributed by atoms with van der Waals surface area (Å²) in [6.45, 7) is 9.18. The first-order valence-electron chi connectivity index (χ1n) is 9.50. The predicted octanol–water partition coefficient (Wildman–Crippen LogP) is 2.55. The van der Waals surface area contributed by atoms with E-state index in [-0.39, 0.29) is 0 Å². The topological polar surface area (TPSA) is 50.1 Å². The van der Waals surface area contributed by atoms with Crippen molar-refractivity contribution in [3.63, 3.8) is 0 Å². The number of nitrogens with zero attached hydrogens (tertiary/aromatic N) is 6. The molecule has 2 aromatic carbocycles. The van der Waals surface area contributed by atoms with Gasteiger partial charge in [0.2, 0.25) is 0 Å². The molecule has 6 heteroatoms. The summed E-state index contributed by atoms with van der Waals surface area (Å²) >= 11 is 0. The maximum atomic E-state index is 4.20. The molecule has 3 aromatic rings. The molecule has 4 rings (SSSR count).